The SMILES string of the molecule is CCCCSc1ccc(C#N)cc1Cl. The van der Waals surface area contributed by atoms with Crippen LogP contribution in [0.25, 0.3) is 0 Å². The maximum Gasteiger partial charge on any atom is 0.0992 e. The average molecular weight is 226 g/mol. The van der Waals surface area contributed by atoms with E-state index in [0.29, 0.717) is 10.6 Å². The van der Waals surface area contributed by atoms with Gasteiger partial charge in [0.2, 0.25) is 0 Å². The van der Waals surface area contributed by atoms with Gasteiger partial charge in [-0.3, -0.25) is 0 Å². The van der Waals surface area contributed by atoms with E-state index in [2.05, 4.69) is 13.0 Å². The van der Waals surface area contributed by atoms with Crippen molar-refractivity contribution >= 4 is 23.4 Å². The van der Waals surface area contributed by atoms with E-state index in [9.17, 15) is 0 Å². The van der Waals surface area contributed by atoms with Crippen molar-refractivity contribution in [2.45, 2.75) is 24.7 Å². The van der Waals surface area contributed by atoms with E-state index in [0.717, 1.165) is 10.6 Å². The van der Waals surface area contributed by atoms with Gasteiger partial charge in [-0.15, -0.1) is 11.8 Å². The van der Waals surface area contributed by atoms with E-state index in [1.54, 1.807) is 23.9 Å². The molecule has 0 aliphatic heterocycles. The lowest BCUT2D eigenvalue weighted by Gasteiger charge is -2.03. The summed E-state index contributed by atoms with van der Waals surface area (Å²) in [4.78, 5) is 1.07. The quantitative estimate of drug-likeness (QED) is 0.569. The molecule has 0 fully saturated rings. The molecule has 0 spiro atoms. The molecule has 0 saturated heterocycles. The molecule has 1 rings (SSSR count). The summed E-state index contributed by atoms with van der Waals surface area (Å²) in [5.74, 6) is 1.09. The largest absolute Gasteiger partial charge is 0.192 e. The first-order valence-electron chi connectivity index (χ1n) is 4.60. The van der Waals surface area contributed by atoms with Crippen LogP contribution in [0.5, 0.6) is 0 Å². The van der Waals surface area contributed by atoms with Crippen molar-refractivity contribution in [3.05, 3.63) is 28.8 Å². The first kappa shape index (κ1) is 11.4. The Morgan fingerprint density at radius 1 is 1.50 bits per heavy atom. The summed E-state index contributed by atoms with van der Waals surface area (Å²) in [6, 6.07) is 7.51. The van der Waals surface area contributed by atoms with Gasteiger partial charge >= 0.3 is 0 Å². The number of thioether (sulfide) groups is 1. The fourth-order valence-corrected chi connectivity index (χ4v) is 2.37. The molecular formula is C11H12ClNS. The van der Waals surface area contributed by atoms with Crippen molar-refractivity contribution < 1.29 is 0 Å². The van der Waals surface area contributed by atoms with Gasteiger partial charge in [-0.25, -0.2) is 0 Å². The van der Waals surface area contributed by atoms with Gasteiger partial charge < -0.3 is 0 Å². The monoisotopic (exact) mass is 225 g/mol. The molecule has 0 saturated carbocycles. The highest BCUT2D eigenvalue weighted by atomic mass is 35.5. The molecule has 1 aromatic rings. The van der Waals surface area contributed by atoms with E-state index in [1.165, 1.54) is 12.8 Å². The summed E-state index contributed by atoms with van der Waals surface area (Å²) in [5, 5.41) is 9.34. The zero-order valence-electron chi connectivity index (χ0n) is 8.09. The van der Waals surface area contributed by atoms with Gasteiger partial charge in [-0.05, 0) is 30.4 Å². The van der Waals surface area contributed by atoms with Gasteiger partial charge in [0.25, 0.3) is 0 Å². The van der Waals surface area contributed by atoms with E-state index >= 15 is 0 Å². The van der Waals surface area contributed by atoms with Crippen LogP contribution in [0.1, 0.15) is 25.3 Å². The standard InChI is InChI=1S/C11H12ClNS/c1-2-3-6-14-11-5-4-9(8-13)7-10(11)12/h4-5,7H,2-3,6H2,1H3. The van der Waals surface area contributed by atoms with E-state index < -0.39 is 0 Å². The van der Waals surface area contributed by atoms with Gasteiger partial charge in [-0.2, -0.15) is 5.26 Å². The molecule has 14 heavy (non-hydrogen) atoms. The Balaban J connectivity index is 2.65. The number of benzene rings is 1. The number of unbranched alkanes of at least 4 members (excludes halogenated alkanes) is 1. The number of nitriles is 1. The molecule has 1 aromatic carbocycles. The average Bonchev–Trinajstić information content (AvgIpc) is 2.20. The molecule has 0 bridgehead atoms. The second kappa shape index (κ2) is 5.95. The summed E-state index contributed by atoms with van der Waals surface area (Å²) in [6.45, 7) is 2.17. The highest BCUT2D eigenvalue weighted by Crippen LogP contribution is 2.28. The van der Waals surface area contributed by atoms with Gasteiger partial charge in [0.1, 0.15) is 0 Å². The zero-order valence-corrected chi connectivity index (χ0v) is 9.66. The van der Waals surface area contributed by atoms with Crippen molar-refractivity contribution in [1.82, 2.24) is 0 Å². The molecule has 0 N–H and O–H groups in total. The van der Waals surface area contributed by atoms with Crippen LogP contribution >= 0.6 is 23.4 Å². The van der Waals surface area contributed by atoms with Crippen molar-refractivity contribution in [3.63, 3.8) is 0 Å². The lowest BCUT2D eigenvalue weighted by Crippen LogP contribution is -1.81. The molecule has 3 heteroatoms. The van der Waals surface area contributed by atoms with Crippen LogP contribution in [0, 0.1) is 11.3 Å². The number of hydrogen-bond acceptors (Lipinski definition) is 2. The fourth-order valence-electron chi connectivity index (χ4n) is 1.01. The smallest absolute Gasteiger partial charge is 0.0992 e. The highest BCUT2D eigenvalue weighted by molar-refractivity contribution is 7.99. The summed E-state index contributed by atoms with van der Waals surface area (Å²) in [6.07, 6.45) is 2.39. The Morgan fingerprint density at radius 2 is 2.29 bits per heavy atom. The minimum Gasteiger partial charge on any atom is -0.192 e. The summed E-state index contributed by atoms with van der Waals surface area (Å²) < 4.78 is 0. The summed E-state index contributed by atoms with van der Waals surface area (Å²) in [7, 11) is 0. The van der Waals surface area contributed by atoms with Crippen LogP contribution in [-0.2, 0) is 0 Å². The molecule has 1 nitrogen and oxygen atoms in total. The van der Waals surface area contributed by atoms with Crippen LogP contribution in [0.15, 0.2) is 23.1 Å². The lowest BCUT2D eigenvalue weighted by atomic mass is 10.2. The normalized spacial score (nSPS) is 9.79. The van der Waals surface area contributed by atoms with Crippen LogP contribution in [-0.4, -0.2) is 5.75 Å². The topological polar surface area (TPSA) is 23.8 Å². The molecule has 0 radical (unpaired) electrons. The van der Waals surface area contributed by atoms with Gasteiger partial charge in [0.05, 0.1) is 16.7 Å². The molecular weight excluding hydrogens is 214 g/mol. The van der Waals surface area contributed by atoms with E-state index in [-0.39, 0.29) is 0 Å². The molecule has 0 heterocycles. The maximum atomic E-state index is 8.65. The third kappa shape index (κ3) is 3.25. The van der Waals surface area contributed by atoms with Crippen LogP contribution in [0.3, 0.4) is 0 Å². The summed E-state index contributed by atoms with van der Waals surface area (Å²) >= 11 is 7.76. The molecule has 0 aliphatic carbocycles. The van der Waals surface area contributed by atoms with Crippen LogP contribution < -0.4 is 0 Å². The molecule has 0 atom stereocenters. The Labute approximate surface area is 94.1 Å². The summed E-state index contributed by atoms with van der Waals surface area (Å²) in [5.41, 5.74) is 0.620. The Hall–Kier alpha value is -0.650. The highest BCUT2D eigenvalue weighted by Gasteiger charge is 2.01. The molecule has 0 unspecified atom stereocenters. The first-order chi connectivity index (χ1) is 6.77. The molecule has 74 valence electrons. The zero-order chi connectivity index (χ0) is 10.4. The van der Waals surface area contributed by atoms with E-state index in [1.807, 2.05) is 6.07 Å². The van der Waals surface area contributed by atoms with Gasteiger partial charge in [-0.1, -0.05) is 24.9 Å². The van der Waals surface area contributed by atoms with Crippen molar-refractivity contribution in [2.24, 2.45) is 0 Å². The minimum absolute atomic E-state index is 0.620. The second-order valence-corrected chi connectivity index (χ2v) is 4.50. The number of halogens is 1. The van der Waals surface area contributed by atoms with Crippen LogP contribution in [0.2, 0.25) is 5.02 Å². The Morgan fingerprint density at radius 3 is 2.86 bits per heavy atom. The molecule has 0 aliphatic rings. The van der Waals surface area contributed by atoms with Crippen molar-refractivity contribution in [3.8, 4) is 6.07 Å². The number of rotatable bonds is 4. The lowest BCUT2D eigenvalue weighted by molar-refractivity contribution is 0.896. The van der Waals surface area contributed by atoms with Crippen LogP contribution in [0.4, 0.5) is 0 Å². The minimum atomic E-state index is 0.620. The predicted octanol–water partition coefficient (Wildman–Crippen LogP) is 4.10. The second-order valence-electron chi connectivity index (χ2n) is 2.96. The Bertz CT molecular complexity index is 344. The number of nitrogens with zero attached hydrogens (tertiary/aromatic N) is 1. The fraction of sp³-hybridized carbons (Fsp3) is 0.364. The van der Waals surface area contributed by atoms with Gasteiger partial charge in [0, 0.05) is 4.90 Å². The molecule has 0 amide bonds. The predicted molar refractivity (Wildman–Crippen MR) is 61.8 cm³/mol. The third-order valence-electron chi connectivity index (χ3n) is 1.82. The maximum absolute atomic E-state index is 8.65. The Kier molecular flexibility index (Phi) is 4.86. The third-order valence-corrected chi connectivity index (χ3v) is 3.40. The van der Waals surface area contributed by atoms with E-state index in [4.69, 9.17) is 16.9 Å². The van der Waals surface area contributed by atoms with Gasteiger partial charge in [0.15, 0.2) is 0 Å². The molecule has 0 aromatic heterocycles. The van der Waals surface area contributed by atoms with Crippen molar-refractivity contribution in [2.75, 3.05) is 5.75 Å². The first-order valence-corrected chi connectivity index (χ1v) is 5.96. The number of hydrogen-bond donors (Lipinski definition) is 0. The van der Waals surface area contributed by atoms with Crippen molar-refractivity contribution in [1.29, 1.82) is 5.26 Å².